The zero-order valence-corrected chi connectivity index (χ0v) is 13.4. The first-order valence-electron chi connectivity index (χ1n) is 8.36. The number of hydrogen-bond donors (Lipinski definition) is 1. The fourth-order valence-corrected chi connectivity index (χ4v) is 3.58. The zero-order valence-electron chi connectivity index (χ0n) is 13.4. The summed E-state index contributed by atoms with van der Waals surface area (Å²) in [6.45, 7) is 1.01. The van der Waals surface area contributed by atoms with Gasteiger partial charge in [0.05, 0.1) is 6.10 Å². The van der Waals surface area contributed by atoms with Crippen molar-refractivity contribution in [1.82, 2.24) is 4.90 Å². The van der Waals surface area contributed by atoms with Crippen molar-refractivity contribution in [2.24, 2.45) is 0 Å². The number of carbonyl (C=O) groups excluding carboxylic acids is 2. The second-order valence-electron chi connectivity index (χ2n) is 6.57. The summed E-state index contributed by atoms with van der Waals surface area (Å²) in [5.41, 5.74) is 4.56. The highest BCUT2D eigenvalue weighted by Crippen LogP contribution is 2.29. The normalized spacial score (nSPS) is 19.6. The van der Waals surface area contributed by atoms with E-state index in [0.717, 1.165) is 28.7 Å². The van der Waals surface area contributed by atoms with Crippen molar-refractivity contribution in [3.05, 3.63) is 59.2 Å². The molecule has 1 amide bonds. The highest BCUT2D eigenvalue weighted by atomic mass is 16.3. The van der Waals surface area contributed by atoms with Gasteiger partial charge in [-0.1, -0.05) is 30.3 Å². The number of amides is 1. The summed E-state index contributed by atoms with van der Waals surface area (Å²) in [7, 11) is 0. The van der Waals surface area contributed by atoms with E-state index in [2.05, 4.69) is 6.07 Å². The predicted molar refractivity (Wildman–Crippen MR) is 91.1 cm³/mol. The summed E-state index contributed by atoms with van der Waals surface area (Å²) >= 11 is 0. The van der Waals surface area contributed by atoms with Crippen molar-refractivity contribution in [3.8, 4) is 11.1 Å². The van der Waals surface area contributed by atoms with Crippen LogP contribution in [0.5, 0.6) is 0 Å². The maximum atomic E-state index is 12.6. The lowest BCUT2D eigenvalue weighted by atomic mass is 9.98. The number of fused-ring (bicyclic) bond motifs is 1. The maximum absolute atomic E-state index is 12.6. The predicted octanol–water partition coefficient (Wildman–Crippen LogP) is 2.69. The Balaban J connectivity index is 1.63. The number of aryl methyl sites for hydroxylation is 1. The molecule has 0 aromatic heterocycles. The SMILES string of the molecule is O=C1CCc2cc(-c3cccc(C(=O)N4CC[C@@H](O)C4)c3)ccc21. The third kappa shape index (κ3) is 2.63. The third-order valence-electron chi connectivity index (χ3n) is 4.92. The molecular formula is C20H19NO3. The average Bonchev–Trinajstić information content (AvgIpc) is 3.20. The van der Waals surface area contributed by atoms with Crippen LogP contribution in [0.3, 0.4) is 0 Å². The van der Waals surface area contributed by atoms with Crippen LogP contribution in [0.1, 0.15) is 39.1 Å². The van der Waals surface area contributed by atoms with Gasteiger partial charge in [-0.3, -0.25) is 9.59 Å². The molecule has 4 heteroatoms. The molecule has 4 rings (SSSR count). The van der Waals surface area contributed by atoms with Crippen molar-refractivity contribution < 1.29 is 14.7 Å². The van der Waals surface area contributed by atoms with Gasteiger partial charge in [-0.15, -0.1) is 0 Å². The first kappa shape index (κ1) is 15.1. The molecule has 1 atom stereocenters. The standard InChI is InChI=1S/C20H19NO3/c22-17-8-9-21(12-17)20(24)16-3-1-2-13(11-16)14-4-6-18-15(10-14)5-7-19(18)23/h1-4,6,10-11,17,22H,5,7-9,12H2/t17-/m1/s1. The topological polar surface area (TPSA) is 57.6 Å². The molecular weight excluding hydrogens is 302 g/mol. The molecule has 24 heavy (non-hydrogen) atoms. The molecule has 0 bridgehead atoms. The molecule has 2 aromatic carbocycles. The van der Waals surface area contributed by atoms with Gasteiger partial charge in [-0.05, 0) is 41.7 Å². The van der Waals surface area contributed by atoms with E-state index < -0.39 is 6.10 Å². The Kier molecular flexibility index (Phi) is 3.69. The van der Waals surface area contributed by atoms with Crippen molar-refractivity contribution in [2.45, 2.75) is 25.4 Å². The number of benzene rings is 2. The van der Waals surface area contributed by atoms with Crippen LogP contribution in [0.25, 0.3) is 11.1 Å². The Morgan fingerprint density at radius 1 is 1.08 bits per heavy atom. The molecule has 4 nitrogen and oxygen atoms in total. The molecule has 0 unspecified atom stereocenters. The first-order valence-corrected chi connectivity index (χ1v) is 8.36. The van der Waals surface area contributed by atoms with Crippen molar-refractivity contribution in [3.63, 3.8) is 0 Å². The third-order valence-corrected chi connectivity index (χ3v) is 4.92. The Morgan fingerprint density at radius 2 is 1.92 bits per heavy atom. The smallest absolute Gasteiger partial charge is 0.253 e. The van der Waals surface area contributed by atoms with E-state index in [1.165, 1.54) is 0 Å². The quantitative estimate of drug-likeness (QED) is 0.925. The van der Waals surface area contributed by atoms with E-state index in [0.29, 0.717) is 31.5 Å². The number of hydrogen-bond acceptors (Lipinski definition) is 3. The van der Waals surface area contributed by atoms with Crippen LogP contribution in [0.2, 0.25) is 0 Å². The Morgan fingerprint density at radius 3 is 2.71 bits per heavy atom. The van der Waals surface area contributed by atoms with Crippen molar-refractivity contribution in [2.75, 3.05) is 13.1 Å². The van der Waals surface area contributed by atoms with Gasteiger partial charge in [0.1, 0.15) is 0 Å². The second kappa shape index (κ2) is 5.87. The fourth-order valence-electron chi connectivity index (χ4n) is 3.58. The summed E-state index contributed by atoms with van der Waals surface area (Å²) in [6.07, 6.45) is 1.62. The molecule has 0 radical (unpaired) electrons. The van der Waals surface area contributed by atoms with Crippen LogP contribution in [0.4, 0.5) is 0 Å². The van der Waals surface area contributed by atoms with Gasteiger partial charge in [0.15, 0.2) is 5.78 Å². The fraction of sp³-hybridized carbons (Fsp3) is 0.300. The van der Waals surface area contributed by atoms with Crippen LogP contribution in [-0.2, 0) is 6.42 Å². The van der Waals surface area contributed by atoms with Gasteiger partial charge in [-0.25, -0.2) is 0 Å². The largest absolute Gasteiger partial charge is 0.391 e. The van der Waals surface area contributed by atoms with Gasteiger partial charge in [0, 0.05) is 30.6 Å². The number of nitrogens with zero attached hydrogens (tertiary/aromatic N) is 1. The first-order chi connectivity index (χ1) is 11.6. The highest BCUT2D eigenvalue weighted by molar-refractivity contribution is 6.01. The number of Topliss-reactive ketones (excluding diaryl/α,β-unsaturated/α-hetero) is 1. The minimum atomic E-state index is -0.411. The monoisotopic (exact) mass is 321 g/mol. The zero-order chi connectivity index (χ0) is 16.7. The number of likely N-dealkylation sites (tertiary alicyclic amines) is 1. The number of carbonyl (C=O) groups is 2. The van der Waals surface area contributed by atoms with Crippen LogP contribution < -0.4 is 0 Å². The molecule has 0 saturated carbocycles. The number of β-amino-alcohol motifs (C(OH)–C–C–N with tert-alkyl or cyclic N) is 1. The minimum Gasteiger partial charge on any atom is -0.391 e. The molecule has 122 valence electrons. The van der Waals surface area contributed by atoms with Gasteiger partial charge in [-0.2, -0.15) is 0 Å². The van der Waals surface area contributed by atoms with Crippen LogP contribution in [0.15, 0.2) is 42.5 Å². The van der Waals surface area contributed by atoms with E-state index in [1.807, 2.05) is 36.4 Å². The number of rotatable bonds is 2. The number of ketones is 1. The van der Waals surface area contributed by atoms with Gasteiger partial charge >= 0.3 is 0 Å². The Hall–Kier alpha value is -2.46. The van der Waals surface area contributed by atoms with Crippen LogP contribution in [-0.4, -0.2) is 40.9 Å². The molecule has 1 fully saturated rings. The molecule has 0 spiro atoms. The lowest BCUT2D eigenvalue weighted by molar-refractivity contribution is 0.0765. The lowest BCUT2D eigenvalue weighted by Gasteiger charge is -2.16. The number of aliphatic hydroxyl groups is 1. The summed E-state index contributed by atoms with van der Waals surface area (Å²) < 4.78 is 0. The second-order valence-corrected chi connectivity index (χ2v) is 6.57. The molecule has 1 N–H and O–H groups in total. The van der Waals surface area contributed by atoms with Crippen LogP contribution in [0, 0.1) is 0 Å². The van der Waals surface area contributed by atoms with Gasteiger partial charge < -0.3 is 10.0 Å². The molecule has 1 aliphatic carbocycles. The summed E-state index contributed by atoms with van der Waals surface area (Å²) in [6, 6.07) is 13.5. The highest BCUT2D eigenvalue weighted by Gasteiger charge is 2.25. The average molecular weight is 321 g/mol. The van der Waals surface area contributed by atoms with Crippen molar-refractivity contribution >= 4 is 11.7 Å². The molecule has 1 saturated heterocycles. The molecule has 2 aliphatic rings. The Labute approximate surface area is 140 Å². The maximum Gasteiger partial charge on any atom is 0.253 e. The summed E-state index contributed by atoms with van der Waals surface area (Å²) in [5.74, 6) is 0.179. The van der Waals surface area contributed by atoms with E-state index >= 15 is 0 Å². The van der Waals surface area contributed by atoms with Gasteiger partial charge in [0.25, 0.3) is 5.91 Å². The van der Waals surface area contributed by atoms with Crippen LogP contribution >= 0.6 is 0 Å². The van der Waals surface area contributed by atoms with Gasteiger partial charge in [0.2, 0.25) is 0 Å². The number of aliphatic hydroxyl groups excluding tert-OH is 1. The van der Waals surface area contributed by atoms with E-state index in [9.17, 15) is 14.7 Å². The minimum absolute atomic E-state index is 0.0373. The molecule has 2 aromatic rings. The summed E-state index contributed by atoms with van der Waals surface area (Å²) in [4.78, 5) is 26.0. The molecule has 1 heterocycles. The summed E-state index contributed by atoms with van der Waals surface area (Å²) in [5, 5.41) is 9.62. The molecule has 1 aliphatic heterocycles. The van der Waals surface area contributed by atoms with E-state index in [4.69, 9.17) is 0 Å². The van der Waals surface area contributed by atoms with Crippen molar-refractivity contribution in [1.29, 1.82) is 0 Å². The van der Waals surface area contributed by atoms with E-state index in [-0.39, 0.29) is 11.7 Å². The lowest BCUT2D eigenvalue weighted by Crippen LogP contribution is -2.29. The Bertz CT molecular complexity index is 827. The van der Waals surface area contributed by atoms with E-state index in [1.54, 1.807) is 4.90 Å².